The molecule has 2 atom stereocenters. The quantitative estimate of drug-likeness (QED) is 0.620. The van der Waals surface area contributed by atoms with Crippen LogP contribution in [0.25, 0.3) is 11.1 Å². The number of carbonyl (C=O) groups is 1. The van der Waals surface area contributed by atoms with Gasteiger partial charge in [-0.2, -0.15) is 0 Å². The molecule has 0 radical (unpaired) electrons. The van der Waals surface area contributed by atoms with Crippen molar-refractivity contribution in [2.75, 3.05) is 26.7 Å². The Hall–Kier alpha value is -2.67. The highest BCUT2D eigenvalue weighted by Gasteiger charge is 2.48. The smallest absolute Gasteiger partial charge is 0.408 e. The molecule has 1 aliphatic carbocycles. The fourth-order valence-corrected chi connectivity index (χ4v) is 6.39. The number of rotatable bonds is 4. The third kappa shape index (κ3) is 3.84. The molecule has 2 bridgehead atoms. The van der Waals surface area contributed by atoms with Gasteiger partial charge in [0.25, 0.3) is 0 Å². The first-order valence-electron chi connectivity index (χ1n) is 12.1. The van der Waals surface area contributed by atoms with Crippen LogP contribution in [-0.4, -0.2) is 53.8 Å². The molecule has 3 aliphatic heterocycles. The van der Waals surface area contributed by atoms with Crippen molar-refractivity contribution in [1.82, 2.24) is 9.80 Å². The van der Waals surface area contributed by atoms with Crippen molar-refractivity contribution in [3.63, 3.8) is 0 Å². The van der Waals surface area contributed by atoms with Gasteiger partial charge in [0.2, 0.25) is 0 Å². The van der Waals surface area contributed by atoms with Gasteiger partial charge in [0.15, 0.2) is 0 Å². The largest absolute Gasteiger partial charge is 0.497 e. The number of hydrogen-bond donors (Lipinski definition) is 1. The third-order valence-electron chi connectivity index (χ3n) is 8.25. The van der Waals surface area contributed by atoms with Crippen LogP contribution in [0.15, 0.2) is 30.3 Å². The second-order valence-corrected chi connectivity index (χ2v) is 10.7. The van der Waals surface area contributed by atoms with E-state index < -0.39 is 23.8 Å². The molecular weight excluding hydrogens is 438 g/mol. The van der Waals surface area contributed by atoms with E-state index in [0.717, 1.165) is 44.5 Å². The Kier molecular flexibility index (Phi) is 5.79. The summed E-state index contributed by atoms with van der Waals surface area (Å²) < 4.78 is 35.4. The van der Waals surface area contributed by atoms with Gasteiger partial charge in [-0.05, 0) is 85.5 Å². The zero-order valence-electron chi connectivity index (χ0n) is 20.0. The zero-order chi connectivity index (χ0) is 24.2. The second-order valence-electron chi connectivity index (χ2n) is 10.7. The van der Waals surface area contributed by atoms with Crippen LogP contribution >= 0.6 is 0 Å². The number of carboxylic acid groups (broad SMARTS) is 1. The number of aryl methyl sites for hydroxylation is 1. The Morgan fingerprint density at radius 3 is 2.41 bits per heavy atom. The van der Waals surface area contributed by atoms with Gasteiger partial charge in [-0.25, -0.2) is 13.6 Å². The molecule has 3 heterocycles. The molecule has 0 saturated carbocycles. The van der Waals surface area contributed by atoms with Crippen LogP contribution in [0.5, 0.6) is 5.75 Å². The maximum Gasteiger partial charge on any atom is 0.408 e. The lowest BCUT2D eigenvalue weighted by atomic mass is 9.68. The Labute approximate surface area is 199 Å². The van der Waals surface area contributed by atoms with Crippen LogP contribution in [0.2, 0.25) is 0 Å². The number of hydrogen-bond acceptors (Lipinski definition) is 3. The highest BCUT2D eigenvalue weighted by atomic mass is 19.1. The summed E-state index contributed by atoms with van der Waals surface area (Å²) in [4.78, 5) is 16.7. The summed E-state index contributed by atoms with van der Waals surface area (Å²) >= 11 is 0. The summed E-state index contributed by atoms with van der Waals surface area (Å²) in [5.41, 5.74) is 1.63. The average Bonchev–Trinajstić information content (AvgIpc) is 2.81. The van der Waals surface area contributed by atoms with Crippen molar-refractivity contribution in [1.29, 1.82) is 0 Å². The number of fused-ring (bicyclic) bond motifs is 4. The van der Waals surface area contributed by atoms with Crippen LogP contribution < -0.4 is 4.74 Å². The first-order chi connectivity index (χ1) is 16.2. The molecule has 5 nitrogen and oxygen atoms in total. The number of ether oxygens (including phenoxy) is 1. The number of halogens is 2. The van der Waals surface area contributed by atoms with Crippen LogP contribution in [0.3, 0.4) is 0 Å². The molecule has 2 aromatic rings. The molecule has 1 amide bonds. The number of amides is 1. The fraction of sp³-hybridized carbons (Fsp3) is 0.519. The fourth-order valence-electron chi connectivity index (χ4n) is 6.39. The van der Waals surface area contributed by atoms with Crippen LogP contribution in [0, 0.1) is 23.0 Å². The van der Waals surface area contributed by atoms with Crippen LogP contribution in [-0.2, 0) is 6.42 Å². The van der Waals surface area contributed by atoms with E-state index in [2.05, 4.69) is 18.7 Å². The molecule has 6 rings (SSSR count). The lowest BCUT2D eigenvalue weighted by Gasteiger charge is -2.54. The molecule has 3 fully saturated rings. The molecule has 2 aromatic carbocycles. The molecular formula is C27H32F2N2O3. The zero-order valence-corrected chi connectivity index (χ0v) is 20.0. The topological polar surface area (TPSA) is 53.0 Å². The van der Waals surface area contributed by atoms with Gasteiger partial charge < -0.3 is 14.7 Å². The molecule has 0 aromatic heterocycles. The number of piperidine rings is 3. The summed E-state index contributed by atoms with van der Waals surface area (Å²) in [7, 11) is 1.46. The summed E-state index contributed by atoms with van der Waals surface area (Å²) in [6.07, 6.45) is 2.51. The van der Waals surface area contributed by atoms with E-state index in [4.69, 9.17) is 4.74 Å². The molecule has 7 heteroatoms. The van der Waals surface area contributed by atoms with Gasteiger partial charge in [-0.3, -0.25) is 4.90 Å². The number of methoxy groups -OCH3 is 1. The Morgan fingerprint density at radius 2 is 1.82 bits per heavy atom. The predicted octanol–water partition coefficient (Wildman–Crippen LogP) is 5.73. The highest BCUT2D eigenvalue weighted by Crippen LogP contribution is 2.50. The normalized spacial score (nSPS) is 27.2. The molecule has 0 spiro atoms. The van der Waals surface area contributed by atoms with Gasteiger partial charge in [0, 0.05) is 23.7 Å². The summed E-state index contributed by atoms with van der Waals surface area (Å²) in [6, 6.07) is 7.01. The van der Waals surface area contributed by atoms with Crippen LogP contribution in [0.1, 0.15) is 50.3 Å². The lowest BCUT2D eigenvalue weighted by molar-refractivity contribution is -0.0353. The van der Waals surface area contributed by atoms with E-state index in [1.165, 1.54) is 25.3 Å². The molecule has 182 valence electrons. The first kappa shape index (κ1) is 23.1. The van der Waals surface area contributed by atoms with Crippen molar-refractivity contribution < 1.29 is 23.4 Å². The van der Waals surface area contributed by atoms with Gasteiger partial charge >= 0.3 is 6.09 Å². The summed E-state index contributed by atoms with van der Waals surface area (Å²) in [5.74, 6) is -0.383. The van der Waals surface area contributed by atoms with E-state index >= 15 is 4.39 Å². The van der Waals surface area contributed by atoms with Crippen molar-refractivity contribution in [3.05, 3.63) is 53.1 Å². The molecule has 0 unspecified atom stereocenters. The number of nitrogens with zero attached hydrogens (tertiary/aromatic N) is 2. The van der Waals surface area contributed by atoms with E-state index in [1.54, 1.807) is 17.0 Å². The molecule has 3 saturated heterocycles. The summed E-state index contributed by atoms with van der Waals surface area (Å²) in [5, 5.41) is 10.4. The van der Waals surface area contributed by atoms with E-state index in [9.17, 15) is 14.3 Å². The number of benzene rings is 2. The minimum absolute atomic E-state index is 0.100. The minimum atomic E-state index is -0.949. The SMILES string of the molecule is COc1ccc(-c2cc3c(cc2F)[C@H](N(C(=O)O)[C@@H]2CN4CCC2CC4)C(C)(C)CC3)c(F)c1. The molecule has 4 aliphatic rings. The van der Waals surface area contributed by atoms with E-state index in [1.807, 2.05) is 0 Å². The van der Waals surface area contributed by atoms with Gasteiger partial charge in [0.05, 0.1) is 19.2 Å². The second kappa shape index (κ2) is 8.52. The van der Waals surface area contributed by atoms with Crippen LogP contribution in [0.4, 0.5) is 13.6 Å². The minimum Gasteiger partial charge on any atom is -0.497 e. The monoisotopic (exact) mass is 470 g/mol. The maximum absolute atomic E-state index is 15.5. The predicted molar refractivity (Wildman–Crippen MR) is 126 cm³/mol. The lowest BCUT2D eigenvalue weighted by Crippen LogP contribution is -2.61. The van der Waals surface area contributed by atoms with E-state index in [-0.39, 0.29) is 22.6 Å². The van der Waals surface area contributed by atoms with E-state index in [0.29, 0.717) is 23.7 Å². The maximum atomic E-state index is 15.5. The third-order valence-corrected chi connectivity index (χ3v) is 8.25. The van der Waals surface area contributed by atoms with Gasteiger partial charge in [-0.1, -0.05) is 13.8 Å². The van der Waals surface area contributed by atoms with Crippen molar-refractivity contribution >= 4 is 6.09 Å². The van der Waals surface area contributed by atoms with Gasteiger partial charge in [-0.15, -0.1) is 0 Å². The Balaban J connectivity index is 1.59. The van der Waals surface area contributed by atoms with Gasteiger partial charge in [0.1, 0.15) is 17.4 Å². The highest BCUT2D eigenvalue weighted by molar-refractivity contribution is 5.70. The molecule has 1 N–H and O–H groups in total. The Morgan fingerprint density at radius 1 is 1.12 bits per heavy atom. The summed E-state index contributed by atoms with van der Waals surface area (Å²) in [6.45, 7) is 6.92. The van der Waals surface area contributed by atoms with Crippen molar-refractivity contribution in [2.45, 2.75) is 51.6 Å². The molecule has 34 heavy (non-hydrogen) atoms. The Bertz CT molecular complexity index is 1110. The standard InChI is InChI=1S/C27H32F2N2O3/c1-27(2)9-6-17-12-21(19-5-4-18(34-3)13-22(19)28)23(29)14-20(17)25(27)31(26(32)33)24-15-30-10-7-16(24)8-11-30/h4-5,12-14,16,24-25H,6-11,15H2,1-3H3,(H,32,33)/t24-,25+/m1/s1. The van der Waals surface area contributed by atoms with Crippen molar-refractivity contribution in [3.8, 4) is 16.9 Å². The average molecular weight is 471 g/mol. The van der Waals surface area contributed by atoms with Crippen molar-refractivity contribution in [2.24, 2.45) is 11.3 Å². The first-order valence-corrected chi connectivity index (χ1v) is 12.1.